The number of aryl methyl sites for hydroxylation is 1. The Kier molecular flexibility index (Phi) is 5.93. The van der Waals surface area contributed by atoms with Gasteiger partial charge in [0, 0.05) is 33.9 Å². The lowest BCUT2D eigenvalue weighted by Crippen LogP contribution is -2.19. The van der Waals surface area contributed by atoms with Gasteiger partial charge in [0.25, 0.3) is 0 Å². The predicted molar refractivity (Wildman–Crippen MR) is 138 cm³/mol. The molecule has 2 heterocycles. The van der Waals surface area contributed by atoms with Gasteiger partial charge in [-0.05, 0) is 60.3 Å². The maximum absolute atomic E-state index is 13.5. The molecule has 0 spiro atoms. The number of carbonyl (C=O) groups is 1. The first-order chi connectivity index (χ1) is 15.3. The van der Waals surface area contributed by atoms with Crippen LogP contribution in [0.1, 0.15) is 24.5 Å². The van der Waals surface area contributed by atoms with Crippen LogP contribution in [0, 0.1) is 0 Å². The maximum atomic E-state index is 13.5. The Morgan fingerprint density at radius 1 is 0.935 bits per heavy atom. The van der Waals surface area contributed by atoms with Crippen LogP contribution in [0.5, 0.6) is 0 Å². The summed E-state index contributed by atoms with van der Waals surface area (Å²) in [6.07, 6.45) is 3.27. The minimum absolute atomic E-state index is 0.00839. The van der Waals surface area contributed by atoms with E-state index in [2.05, 4.69) is 60.0 Å². The van der Waals surface area contributed by atoms with Gasteiger partial charge >= 0.3 is 0 Å². The molecule has 5 rings (SSSR count). The van der Waals surface area contributed by atoms with Gasteiger partial charge in [-0.3, -0.25) is 4.79 Å². The Bertz CT molecular complexity index is 1270. The largest absolute Gasteiger partial charge is 0.341 e. The van der Waals surface area contributed by atoms with Crippen LogP contribution in [0.3, 0.4) is 0 Å². The van der Waals surface area contributed by atoms with Crippen LogP contribution >= 0.6 is 23.5 Å². The smallest absolute Gasteiger partial charge is 0.186 e. The lowest BCUT2D eigenvalue weighted by atomic mass is 9.99. The molecule has 1 aliphatic rings. The highest BCUT2D eigenvalue weighted by Gasteiger charge is 2.26. The molecule has 0 aliphatic carbocycles. The fourth-order valence-corrected chi connectivity index (χ4v) is 7.10. The van der Waals surface area contributed by atoms with E-state index in [0.29, 0.717) is 0 Å². The number of Topliss-reactive ketones (excluding diaryl/α,β-unsaturated/α-hetero) is 1. The van der Waals surface area contributed by atoms with Crippen molar-refractivity contribution < 1.29 is 4.79 Å². The Labute approximate surface area is 191 Å². The van der Waals surface area contributed by atoms with Gasteiger partial charge in [-0.25, -0.2) is 0 Å². The van der Waals surface area contributed by atoms with Crippen molar-refractivity contribution in [2.45, 2.75) is 24.5 Å². The zero-order valence-electron chi connectivity index (χ0n) is 17.6. The molecule has 3 aromatic carbocycles. The number of carbonyl (C=O) groups excluding carboxylic acids is 1. The average molecular weight is 444 g/mol. The van der Waals surface area contributed by atoms with E-state index in [1.165, 1.54) is 28.2 Å². The van der Waals surface area contributed by atoms with E-state index < -0.39 is 0 Å². The molecule has 4 heteroatoms. The molecule has 1 aliphatic heterocycles. The van der Waals surface area contributed by atoms with Gasteiger partial charge in [0.1, 0.15) is 4.58 Å². The molecule has 0 bridgehead atoms. The number of thioether (sulfide) groups is 2. The van der Waals surface area contributed by atoms with Crippen LogP contribution < -0.4 is 0 Å². The number of rotatable bonds is 5. The van der Waals surface area contributed by atoms with Gasteiger partial charge < -0.3 is 4.57 Å². The normalized spacial score (nSPS) is 15.6. The van der Waals surface area contributed by atoms with Crippen molar-refractivity contribution in [2.24, 2.45) is 0 Å². The first-order valence-electron chi connectivity index (χ1n) is 10.8. The summed E-state index contributed by atoms with van der Waals surface area (Å²) in [5.74, 6) is 2.36. The summed E-state index contributed by atoms with van der Waals surface area (Å²) in [4.78, 5) is 13.5. The van der Waals surface area contributed by atoms with Crippen molar-refractivity contribution in [2.75, 3.05) is 11.5 Å². The highest BCUT2D eigenvalue weighted by Crippen LogP contribution is 2.36. The predicted octanol–water partition coefficient (Wildman–Crippen LogP) is 7.12. The third-order valence-corrected chi connectivity index (χ3v) is 8.71. The highest BCUT2D eigenvalue weighted by molar-refractivity contribution is 8.18. The Hall–Kier alpha value is -2.43. The molecule has 31 heavy (non-hydrogen) atoms. The van der Waals surface area contributed by atoms with Gasteiger partial charge in [-0.1, -0.05) is 54.6 Å². The third kappa shape index (κ3) is 3.95. The van der Waals surface area contributed by atoms with Crippen molar-refractivity contribution in [3.8, 4) is 0 Å². The van der Waals surface area contributed by atoms with E-state index in [4.69, 9.17) is 0 Å². The molecule has 1 fully saturated rings. The van der Waals surface area contributed by atoms with Crippen LogP contribution in [-0.2, 0) is 11.3 Å². The SMILES string of the molecule is CCn1c2ccccc2c2cc(/C=C(/C(=O)C3SCCCS3)c3ccccc3)ccc21. The second-order valence-electron chi connectivity index (χ2n) is 7.75. The summed E-state index contributed by atoms with van der Waals surface area (Å²) in [5, 5.41) is 2.51. The topological polar surface area (TPSA) is 22.0 Å². The molecule has 0 N–H and O–H groups in total. The van der Waals surface area contributed by atoms with E-state index in [-0.39, 0.29) is 10.4 Å². The zero-order valence-corrected chi connectivity index (χ0v) is 19.2. The van der Waals surface area contributed by atoms with Crippen molar-refractivity contribution in [3.05, 3.63) is 83.9 Å². The summed E-state index contributed by atoms with van der Waals surface area (Å²) in [5.41, 5.74) is 5.38. The molecule has 0 atom stereocenters. The maximum Gasteiger partial charge on any atom is 0.186 e. The number of nitrogens with zero attached hydrogens (tertiary/aromatic N) is 1. The summed E-state index contributed by atoms with van der Waals surface area (Å²) in [6, 6.07) is 25.3. The van der Waals surface area contributed by atoms with E-state index >= 15 is 0 Å². The van der Waals surface area contributed by atoms with Crippen molar-refractivity contribution >= 4 is 62.8 Å². The number of allylic oxidation sites excluding steroid dienone is 1. The molecule has 1 saturated heterocycles. The van der Waals surface area contributed by atoms with E-state index in [0.717, 1.165) is 34.8 Å². The minimum atomic E-state index is -0.00839. The standard InChI is InChI=1S/C27H25NOS2/c1-2-28-24-12-7-6-11-21(24)23-18-19(13-14-25(23)28)17-22(20-9-4-3-5-10-20)26(29)27-30-15-8-16-31-27/h3-7,9-14,17-18,27H,2,8,15-16H2,1H3/b22-17+. The number of hydrogen-bond donors (Lipinski definition) is 0. The fraction of sp³-hybridized carbons (Fsp3) is 0.222. The van der Waals surface area contributed by atoms with Crippen LogP contribution in [-0.4, -0.2) is 26.4 Å². The molecule has 0 radical (unpaired) electrons. The summed E-state index contributed by atoms with van der Waals surface area (Å²) < 4.78 is 2.35. The monoisotopic (exact) mass is 443 g/mol. The Balaban J connectivity index is 1.64. The Morgan fingerprint density at radius 3 is 2.42 bits per heavy atom. The van der Waals surface area contributed by atoms with Gasteiger partial charge in [-0.15, -0.1) is 23.5 Å². The van der Waals surface area contributed by atoms with Crippen LogP contribution in [0.4, 0.5) is 0 Å². The summed E-state index contributed by atoms with van der Waals surface area (Å²) >= 11 is 3.57. The molecule has 156 valence electrons. The minimum Gasteiger partial charge on any atom is -0.341 e. The second kappa shape index (κ2) is 8.97. The number of hydrogen-bond acceptors (Lipinski definition) is 3. The molecular weight excluding hydrogens is 418 g/mol. The number of ketones is 1. The Morgan fingerprint density at radius 2 is 1.65 bits per heavy atom. The van der Waals surface area contributed by atoms with Crippen LogP contribution in [0.25, 0.3) is 33.5 Å². The lowest BCUT2D eigenvalue weighted by molar-refractivity contribution is -0.112. The summed E-state index contributed by atoms with van der Waals surface area (Å²) in [7, 11) is 0. The molecule has 0 unspecified atom stereocenters. The molecule has 4 aromatic rings. The van der Waals surface area contributed by atoms with Crippen LogP contribution in [0.2, 0.25) is 0 Å². The van der Waals surface area contributed by atoms with Crippen molar-refractivity contribution in [1.29, 1.82) is 0 Å². The average Bonchev–Trinajstić information content (AvgIpc) is 3.16. The molecular formula is C27H25NOS2. The van der Waals surface area contributed by atoms with Gasteiger partial charge in [0.05, 0.1) is 0 Å². The van der Waals surface area contributed by atoms with Crippen molar-refractivity contribution in [3.63, 3.8) is 0 Å². The molecule has 2 nitrogen and oxygen atoms in total. The number of aromatic nitrogens is 1. The zero-order chi connectivity index (χ0) is 21.2. The van der Waals surface area contributed by atoms with E-state index in [9.17, 15) is 4.79 Å². The number of benzene rings is 3. The van der Waals surface area contributed by atoms with E-state index in [1.54, 1.807) is 23.5 Å². The third-order valence-electron chi connectivity index (χ3n) is 5.82. The quantitative estimate of drug-likeness (QED) is 0.242. The molecule has 0 amide bonds. The fourth-order valence-electron chi connectivity index (χ4n) is 4.35. The first-order valence-corrected chi connectivity index (χ1v) is 12.9. The lowest BCUT2D eigenvalue weighted by Gasteiger charge is -2.21. The highest BCUT2D eigenvalue weighted by atomic mass is 32.2. The molecule has 0 saturated carbocycles. The van der Waals surface area contributed by atoms with Crippen LogP contribution in [0.15, 0.2) is 72.8 Å². The van der Waals surface area contributed by atoms with E-state index in [1.807, 2.05) is 30.3 Å². The number of fused-ring (bicyclic) bond motifs is 3. The first kappa shape index (κ1) is 20.5. The summed E-state index contributed by atoms with van der Waals surface area (Å²) in [6.45, 7) is 3.12. The van der Waals surface area contributed by atoms with Crippen molar-refractivity contribution in [1.82, 2.24) is 4.57 Å². The van der Waals surface area contributed by atoms with Gasteiger partial charge in [0.15, 0.2) is 5.78 Å². The second-order valence-corrected chi connectivity index (χ2v) is 10.5. The number of para-hydroxylation sites is 1. The van der Waals surface area contributed by atoms with Gasteiger partial charge in [-0.2, -0.15) is 0 Å². The molecule has 1 aromatic heterocycles. The van der Waals surface area contributed by atoms with Gasteiger partial charge in [0.2, 0.25) is 0 Å².